The van der Waals surface area contributed by atoms with Gasteiger partial charge in [0.25, 0.3) is 0 Å². The highest BCUT2D eigenvalue weighted by Crippen LogP contribution is 2.21. The van der Waals surface area contributed by atoms with Gasteiger partial charge in [0.1, 0.15) is 0 Å². The van der Waals surface area contributed by atoms with Gasteiger partial charge < -0.3 is 14.7 Å². The Labute approximate surface area is 195 Å². The summed E-state index contributed by atoms with van der Waals surface area (Å²) in [6.07, 6.45) is 2.04. The standard InChI is InChI=1S/C22H33N5O5S/c1-17-13-26(18(2)15-28)22(29)10-7-11-27-19(12-23-24-27)16-32-21(17)14-25(3)33(30,31)20-8-5-4-6-9-20/h4-6,8-9,12,17-18,21,28H,7,10-11,13-16H2,1-3H3/t17-,18+,21+/m1/s1. The molecule has 10 nitrogen and oxygen atoms in total. The molecule has 0 saturated heterocycles. The number of sulfonamides is 1. The Bertz CT molecular complexity index is 1010. The average Bonchev–Trinajstić information content (AvgIpc) is 3.26. The molecule has 1 aromatic heterocycles. The maximum Gasteiger partial charge on any atom is 0.242 e. The number of fused-ring (bicyclic) bond motifs is 1. The first-order valence-electron chi connectivity index (χ1n) is 11.1. The van der Waals surface area contributed by atoms with Crippen molar-refractivity contribution in [2.24, 2.45) is 5.92 Å². The van der Waals surface area contributed by atoms with Crippen LogP contribution in [-0.4, -0.2) is 82.5 Å². The van der Waals surface area contributed by atoms with Crippen LogP contribution in [0.15, 0.2) is 41.4 Å². The summed E-state index contributed by atoms with van der Waals surface area (Å²) in [7, 11) is -2.18. The summed E-state index contributed by atoms with van der Waals surface area (Å²) in [6.45, 7) is 4.78. The molecule has 1 N–H and O–H groups in total. The van der Waals surface area contributed by atoms with Crippen LogP contribution < -0.4 is 0 Å². The largest absolute Gasteiger partial charge is 0.394 e. The van der Waals surface area contributed by atoms with Crippen molar-refractivity contribution in [3.63, 3.8) is 0 Å². The third kappa shape index (κ3) is 6.17. The number of benzene rings is 1. The Morgan fingerprint density at radius 2 is 2.03 bits per heavy atom. The minimum Gasteiger partial charge on any atom is -0.394 e. The van der Waals surface area contributed by atoms with E-state index in [0.717, 1.165) is 5.69 Å². The molecule has 11 heteroatoms. The molecule has 0 spiro atoms. The molecule has 0 fully saturated rings. The number of nitrogens with zero attached hydrogens (tertiary/aromatic N) is 5. The highest BCUT2D eigenvalue weighted by Gasteiger charge is 2.31. The first-order valence-corrected chi connectivity index (χ1v) is 12.6. The van der Waals surface area contributed by atoms with Crippen LogP contribution >= 0.6 is 0 Å². The molecule has 0 radical (unpaired) electrons. The van der Waals surface area contributed by atoms with E-state index in [1.165, 1.54) is 11.4 Å². The smallest absolute Gasteiger partial charge is 0.242 e. The van der Waals surface area contributed by atoms with Crippen molar-refractivity contribution >= 4 is 15.9 Å². The van der Waals surface area contributed by atoms with Gasteiger partial charge in [-0.05, 0) is 25.5 Å². The molecule has 1 aliphatic rings. The highest BCUT2D eigenvalue weighted by atomic mass is 32.2. The van der Waals surface area contributed by atoms with E-state index in [1.54, 1.807) is 53.0 Å². The van der Waals surface area contributed by atoms with Gasteiger partial charge in [-0.1, -0.05) is 30.3 Å². The Morgan fingerprint density at radius 3 is 2.73 bits per heavy atom. The van der Waals surface area contributed by atoms with Gasteiger partial charge in [-0.2, -0.15) is 4.31 Å². The normalized spacial score (nSPS) is 21.8. The van der Waals surface area contributed by atoms with Crippen LogP contribution in [0.3, 0.4) is 0 Å². The zero-order valence-electron chi connectivity index (χ0n) is 19.4. The van der Waals surface area contributed by atoms with Gasteiger partial charge in [-0.3, -0.25) is 4.79 Å². The Morgan fingerprint density at radius 1 is 1.30 bits per heavy atom. The quantitative estimate of drug-likeness (QED) is 0.660. The summed E-state index contributed by atoms with van der Waals surface area (Å²) < 4.78 is 35.3. The molecule has 0 unspecified atom stereocenters. The first-order chi connectivity index (χ1) is 15.7. The van der Waals surface area contributed by atoms with Crippen molar-refractivity contribution in [1.29, 1.82) is 0 Å². The fraction of sp³-hybridized carbons (Fsp3) is 0.591. The fourth-order valence-electron chi connectivity index (χ4n) is 3.87. The van der Waals surface area contributed by atoms with Crippen LogP contribution in [-0.2, 0) is 32.7 Å². The van der Waals surface area contributed by atoms with E-state index < -0.39 is 16.1 Å². The molecule has 1 aliphatic heterocycles. The monoisotopic (exact) mass is 479 g/mol. The average molecular weight is 480 g/mol. The molecule has 0 aliphatic carbocycles. The van der Waals surface area contributed by atoms with Gasteiger partial charge in [0.05, 0.1) is 42.1 Å². The number of ether oxygens (including phenoxy) is 1. The summed E-state index contributed by atoms with van der Waals surface area (Å²) in [5.74, 6) is -0.255. The zero-order valence-corrected chi connectivity index (χ0v) is 20.2. The Kier molecular flexibility index (Phi) is 8.57. The van der Waals surface area contributed by atoms with Crippen LogP contribution in [0.5, 0.6) is 0 Å². The minimum atomic E-state index is -3.70. The number of amides is 1. The molecule has 3 atom stereocenters. The summed E-state index contributed by atoms with van der Waals surface area (Å²) in [5.41, 5.74) is 0.773. The summed E-state index contributed by atoms with van der Waals surface area (Å²) in [4.78, 5) is 14.8. The predicted molar refractivity (Wildman–Crippen MR) is 122 cm³/mol. The molecule has 33 heavy (non-hydrogen) atoms. The van der Waals surface area contributed by atoms with Crippen molar-refractivity contribution in [1.82, 2.24) is 24.2 Å². The lowest BCUT2D eigenvalue weighted by molar-refractivity contribution is -0.136. The number of aliphatic hydroxyl groups is 1. The predicted octanol–water partition coefficient (Wildman–Crippen LogP) is 1.12. The number of aryl methyl sites for hydroxylation is 1. The Balaban J connectivity index is 1.86. The van der Waals surface area contributed by atoms with Gasteiger partial charge in [0, 0.05) is 39.0 Å². The van der Waals surface area contributed by atoms with Crippen LogP contribution in [0, 0.1) is 5.92 Å². The Hall–Kier alpha value is -2.34. The molecule has 3 rings (SSSR count). The number of rotatable bonds is 6. The zero-order chi connectivity index (χ0) is 24.0. The third-order valence-electron chi connectivity index (χ3n) is 6.03. The van der Waals surface area contributed by atoms with E-state index >= 15 is 0 Å². The van der Waals surface area contributed by atoms with E-state index in [1.807, 2.05) is 6.92 Å². The number of hydrogen-bond donors (Lipinski definition) is 1. The van der Waals surface area contributed by atoms with E-state index in [-0.39, 0.29) is 42.5 Å². The van der Waals surface area contributed by atoms with Crippen molar-refractivity contribution in [2.75, 3.05) is 26.7 Å². The topological polar surface area (TPSA) is 118 Å². The molecule has 1 aromatic carbocycles. The van der Waals surface area contributed by atoms with Crippen molar-refractivity contribution in [2.45, 2.75) is 56.9 Å². The highest BCUT2D eigenvalue weighted by molar-refractivity contribution is 7.89. The number of hydrogen-bond acceptors (Lipinski definition) is 7. The maximum atomic E-state index is 13.1. The fourth-order valence-corrected chi connectivity index (χ4v) is 5.07. The van der Waals surface area contributed by atoms with E-state index in [4.69, 9.17) is 4.74 Å². The number of likely N-dealkylation sites (N-methyl/N-ethyl adjacent to an activating group) is 1. The van der Waals surface area contributed by atoms with Crippen molar-refractivity contribution < 1.29 is 23.1 Å². The number of carbonyl (C=O) groups excluding carboxylic acids is 1. The van der Waals surface area contributed by atoms with Crippen LogP contribution in [0.4, 0.5) is 0 Å². The van der Waals surface area contributed by atoms with Crippen LogP contribution in [0.25, 0.3) is 0 Å². The minimum absolute atomic E-state index is 0.0605. The molecule has 2 heterocycles. The van der Waals surface area contributed by atoms with E-state index in [2.05, 4.69) is 10.3 Å². The van der Waals surface area contributed by atoms with E-state index in [0.29, 0.717) is 25.9 Å². The first kappa shape index (κ1) is 25.3. The van der Waals surface area contributed by atoms with Gasteiger partial charge >= 0.3 is 0 Å². The second kappa shape index (κ2) is 11.2. The van der Waals surface area contributed by atoms with E-state index in [9.17, 15) is 18.3 Å². The summed E-state index contributed by atoms with van der Waals surface area (Å²) in [5, 5.41) is 17.7. The van der Waals surface area contributed by atoms with Gasteiger partial charge in [-0.25, -0.2) is 13.1 Å². The molecule has 0 bridgehead atoms. The van der Waals surface area contributed by atoms with Crippen LogP contribution in [0.2, 0.25) is 0 Å². The maximum absolute atomic E-state index is 13.1. The number of aromatic nitrogens is 3. The molecular weight excluding hydrogens is 446 g/mol. The molecule has 2 aromatic rings. The van der Waals surface area contributed by atoms with Crippen LogP contribution in [0.1, 0.15) is 32.4 Å². The lowest BCUT2D eigenvalue weighted by Gasteiger charge is -2.35. The summed E-state index contributed by atoms with van der Waals surface area (Å²) >= 11 is 0. The number of carbonyl (C=O) groups is 1. The second-order valence-electron chi connectivity index (χ2n) is 8.56. The van der Waals surface area contributed by atoms with Gasteiger partial charge in [-0.15, -0.1) is 5.10 Å². The van der Waals surface area contributed by atoms with Gasteiger partial charge in [0.15, 0.2) is 0 Å². The SMILES string of the molecule is C[C@@H]1CN([C@@H](C)CO)C(=O)CCCn2nncc2CO[C@H]1CN(C)S(=O)(=O)c1ccccc1. The second-order valence-corrected chi connectivity index (χ2v) is 10.6. The lowest BCUT2D eigenvalue weighted by atomic mass is 10.0. The molecular formula is C22H33N5O5S. The van der Waals surface area contributed by atoms with Crippen molar-refractivity contribution in [3.05, 3.63) is 42.2 Å². The van der Waals surface area contributed by atoms with Gasteiger partial charge in [0.2, 0.25) is 15.9 Å². The number of aliphatic hydroxyl groups excluding tert-OH is 1. The molecule has 182 valence electrons. The molecule has 1 amide bonds. The van der Waals surface area contributed by atoms with Crippen molar-refractivity contribution in [3.8, 4) is 0 Å². The third-order valence-corrected chi connectivity index (χ3v) is 7.87. The lowest BCUT2D eigenvalue weighted by Crippen LogP contribution is -2.47. The summed E-state index contributed by atoms with van der Waals surface area (Å²) in [6, 6.07) is 7.90. The molecule has 0 saturated carbocycles.